The highest BCUT2D eigenvalue weighted by Gasteiger charge is 2.43. The highest BCUT2D eigenvalue weighted by molar-refractivity contribution is 8.18. The number of benzene rings is 1. The summed E-state index contributed by atoms with van der Waals surface area (Å²) in [5.74, 6) is 0.461. The lowest BCUT2D eigenvalue weighted by Gasteiger charge is -2.39. The van der Waals surface area contributed by atoms with E-state index < -0.39 is 0 Å². The molecule has 1 spiro atoms. The van der Waals surface area contributed by atoms with Crippen molar-refractivity contribution < 1.29 is 13.9 Å². The Morgan fingerprint density at radius 2 is 2.00 bits per heavy atom. The van der Waals surface area contributed by atoms with Crippen LogP contribution in [0.2, 0.25) is 0 Å². The number of carbonyl (C=O) groups excluding carboxylic acids is 1. The molecule has 0 saturated carbocycles. The van der Waals surface area contributed by atoms with E-state index in [2.05, 4.69) is 39.1 Å². The Balaban J connectivity index is 1.21. The van der Waals surface area contributed by atoms with E-state index in [1.54, 1.807) is 6.20 Å². The molecule has 3 aliphatic rings. The number of fused-ring (bicyclic) bond motifs is 3. The van der Waals surface area contributed by atoms with Gasteiger partial charge in [-0.15, -0.1) is 0 Å². The van der Waals surface area contributed by atoms with E-state index in [0.29, 0.717) is 22.9 Å². The van der Waals surface area contributed by atoms with Gasteiger partial charge in [-0.05, 0) is 54.8 Å². The quantitative estimate of drug-likeness (QED) is 0.520. The highest BCUT2D eigenvalue weighted by Crippen LogP contribution is 2.45. The Bertz CT molecular complexity index is 1230. The van der Waals surface area contributed by atoms with E-state index in [4.69, 9.17) is 9.15 Å². The standard InChI is InChI=1S/C24H21N3O3S/c1-15(20-13-18-19(30-20)7-4-10-25-18)21-22(28)26-23(31-21)27-11-8-24(9-12-27)17-6-3-2-5-16(17)14-29-24/h2-7,10,13H,8-9,11-12,14H2,1H3/b21-15-. The number of hydrogen-bond donors (Lipinski definition) is 0. The lowest BCUT2D eigenvalue weighted by molar-refractivity contribution is -0.113. The predicted octanol–water partition coefficient (Wildman–Crippen LogP) is 4.71. The number of likely N-dealkylation sites (tertiary alicyclic amines) is 1. The molecular formula is C24H21N3O3S. The summed E-state index contributed by atoms with van der Waals surface area (Å²) in [5.41, 5.74) is 4.71. The summed E-state index contributed by atoms with van der Waals surface area (Å²) in [7, 11) is 0. The van der Waals surface area contributed by atoms with Crippen molar-refractivity contribution in [2.75, 3.05) is 13.1 Å². The molecule has 1 saturated heterocycles. The molecule has 7 heteroatoms. The molecule has 1 aromatic carbocycles. The normalized spacial score (nSPS) is 21.6. The van der Waals surface area contributed by atoms with Gasteiger partial charge in [-0.3, -0.25) is 9.78 Å². The van der Waals surface area contributed by atoms with E-state index in [9.17, 15) is 4.79 Å². The summed E-state index contributed by atoms with van der Waals surface area (Å²) in [6.45, 7) is 4.22. The van der Waals surface area contributed by atoms with Crippen LogP contribution in [0.5, 0.6) is 0 Å². The molecule has 5 heterocycles. The lowest BCUT2D eigenvalue weighted by atomic mass is 9.84. The first-order valence-electron chi connectivity index (χ1n) is 10.5. The minimum Gasteiger partial charge on any atom is -0.455 e. The summed E-state index contributed by atoms with van der Waals surface area (Å²) in [6, 6.07) is 14.1. The summed E-state index contributed by atoms with van der Waals surface area (Å²) in [4.78, 5) is 24.2. The van der Waals surface area contributed by atoms with Crippen LogP contribution in [-0.2, 0) is 21.7 Å². The zero-order valence-electron chi connectivity index (χ0n) is 17.1. The number of allylic oxidation sites excluding steroid dienone is 1. The first-order valence-corrected chi connectivity index (χ1v) is 11.3. The maximum atomic E-state index is 12.7. The SMILES string of the molecule is C/C(=C1/SC(N2CCC3(CC2)OCc2ccccc23)=NC1=O)c1cc2ncccc2o1. The van der Waals surface area contributed by atoms with E-state index in [1.807, 2.05) is 25.1 Å². The third-order valence-electron chi connectivity index (χ3n) is 6.44. The Kier molecular flexibility index (Phi) is 4.30. The molecule has 1 amide bonds. The second-order valence-electron chi connectivity index (χ2n) is 8.18. The van der Waals surface area contributed by atoms with Crippen LogP contribution in [0, 0.1) is 0 Å². The topological polar surface area (TPSA) is 67.9 Å². The monoisotopic (exact) mass is 431 g/mol. The third kappa shape index (κ3) is 3.03. The first-order chi connectivity index (χ1) is 15.1. The van der Waals surface area contributed by atoms with E-state index >= 15 is 0 Å². The molecule has 1 fully saturated rings. The number of nitrogens with zero attached hydrogens (tertiary/aromatic N) is 3. The Morgan fingerprint density at radius 1 is 1.16 bits per heavy atom. The first kappa shape index (κ1) is 18.8. The molecule has 2 aromatic heterocycles. The van der Waals surface area contributed by atoms with Crippen molar-refractivity contribution in [2.24, 2.45) is 4.99 Å². The average Bonchev–Trinajstić information content (AvgIpc) is 3.50. The van der Waals surface area contributed by atoms with E-state index in [1.165, 1.54) is 22.9 Å². The van der Waals surface area contributed by atoms with Gasteiger partial charge in [0.05, 0.1) is 17.1 Å². The van der Waals surface area contributed by atoms with Crippen molar-refractivity contribution in [3.63, 3.8) is 0 Å². The van der Waals surface area contributed by atoms with Crippen molar-refractivity contribution in [2.45, 2.75) is 32.0 Å². The molecule has 0 radical (unpaired) electrons. The number of thioether (sulfide) groups is 1. The molecule has 0 bridgehead atoms. The summed E-state index contributed by atoms with van der Waals surface area (Å²) in [6.07, 6.45) is 3.52. The van der Waals surface area contributed by atoms with Gasteiger partial charge in [0.25, 0.3) is 5.91 Å². The zero-order chi connectivity index (χ0) is 21.0. The van der Waals surface area contributed by atoms with Crippen LogP contribution >= 0.6 is 11.8 Å². The number of furan rings is 1. The predicted molar refractivity (Wildman–Crippen MR) is 120 cm³/mol. The summed E-state index contributed by atoms with van der Waals surface area (Å²) >= 11 is 1.44. The van der Waals surface area contributed by atoms with Crippen molar-refractivity contribution in [1.82, 2.24) is 9.88 Å². The molecule has 0 unspecified atom stereocenters. The average molecular weight is 432 g/mol. The van der Waals surface area contributed by atoms with Crippen LogP contribution < -0.4 is 0 Å². The second kappa shape index (κ2) is 7.07. The maximum Gasteiger partial charge on any atom is 0.286 e. The lowest BCUT2D eigenvalue weighted by Crippen LogP contribution is -2.44. The molecule has 31 heavy (non-hydrogen) atoms. The van der Waals surface area contributed by atoms with Gasteiger partial charge in [-0.25, -0.2) is 0 Å². The molecule has 6 nitrogen and oxygen atoms in total. The van der Waals surface area contributed by atoms with Gasteiger partial charge in [-0.1, -0.05) is 24.3 Å². The van der Waals surface area contributed by atoms with Crippen molar-refractivity contribution in [1.29, 1.82) is 0 Å². The summed E-state index contributed by atoms with van der Waals surface area (Å²) in [5, 5.41) is 0.773. The van der Waals surface area contributed by atoms with Crippen LogP contribution in [-0.4, -0.2) is 34.0 Å². The molecule has 3 aliphatic heterocycles. The molecule has 0 aliphatic carbocycles. The maximum absolute atomic E-state index is 12.7. The van der Waals surface area contributed by atoms with E-state index in [-0.39, 0.29) is 11.5 Å². The van der Waals surface area contributed by atoms with Crippen LogP contribution in [0.25, 0.3) is 16.7 Å². The number of piperidine rings is 1. The molecule has 156 valence electrons. The smallest absolute Gasteiger partial charge is 0.286 e. The number of ether oxygens (including phenoxy) is 1. The number of pyridine rings is 1. The molecule has 0 N–H and O–H groups in total. The van der Waals surface area contributed by atoms with Crippen molar-refractivity contribution in [3.05, 3.63) is 70.5 Å². The number of aliphatic imine (C=N–C) groups is 1. The number of carbonyl (C=O) groups is 1. The van der Waals surface area contributed by atoms with Crippen LogP contribution in [0.3, 0.4) is 0 Å². The van der Waals surface area contributed by atoms with Crippen LogP contribution in [0.15, 0.2) is 63.0 Å². The molecule has 6 rings (SSSR count). The van der Waals surface area contributed by atoms with Crippen LogP contribution in [0.1, 0.15) is 36.7 Å². The third-order valence-corrected chi connectivity index (χ3v) is 7.65. The fourth-order valence-corrected chi connectivity index (χ4v) is 5.70. The van der Waals surface area contributed by atoms with Gasteiger partial charge >= 0.3 is 0 Å². The Labute approximate surface area is 184 Å². The largest absolute Gasteiger partial charge is 0.455 e. The minimum absolute atomic E-state index is 0.198. The van der Waals surface area contributed by atoms with Crippen molar-refractivity contribution >= 4 is 39.5 Å². The number of rotatable bonds is 1. The zero-order valence-corrected chi connectivity index (χ0v) is 17.9. The fraction of sp³-hybridized carbons (Fsp3) is 0.292. The number of aromatic nitrogens is 1. The van der Waals surface area contributed by atoms with Gasteiger partial charge in [0.2, 0.25) is 0 Å². The van der Waals surface area contributed by atoms with Gasteiger partial charge in [0.1, 0.15) is 11.3 Å². The number of amidine groups is 1. The molecule has 0 atom stereocenters. The highest BCUT2D eigenvalue weighted by atomic mass is 32.2. The van der Waals surface area contributed by atoms with Gasteiger partial charge in [0, 0.05) is 30.9 Å². The van der Waals surface area contributed by atoms with Gasteiger partial charge in [0.15, 0.2) is 10.8 Å². The van der Waals surface area contributed by atoms with Crippen LogP contribution in [0.4, 0.5) is 0 Å². The second-order valence-corrected chi connectivity index (χ2v) is 9.16. The molecular weight excluding hydrogens is 410 g/mol. The Hall–Kier alpha value is -2.90. The Morgan fingerprint density at radius 3 is 2.84 bits per heavy atom. The van der Waals surface area contributed by atoms with E-state index in [0.717, 1.165) is 42.2 Å². The van der Waals surface area contributed by atoms with Crippen molar-refractivity contribution in [3.8, 4) is 0 Å². The molecule has 3 aromatic rings. The number of hydrogen-bond acceptors (Lipinski definition) is 6. The van der Waals surface area contributed by atoms with Gasteiger partial charge in [-0.2, -0.15) is 4.99 Å². The van der Waals surface area contributed by atoms with Gasteiger partial charge < -0.3 is 14.1 Å². The minimum atomic E-state index is -0.200. The fourth-order valence-electron chi connectivity index (χ4n) is 4.69. The summed E-state index contributed by atoms with van der Waals surface area (Å²) < 4.78 is 12.2. The number of amides is 1.